The number of hydrogen-bond donors (Lipinski definition) is 1. The molecule has 0 atom stereocenters. The molecular weight excluding hydrogens is 420 g/mol. The summed E-state index contributed by atoms with van der Waals surface area (Å²) in [5, 5.41) is 10.8. The number of halogens is 1. The Hall–Kier alpha value is -2.49. The Kier molecular flexibility index (Phi) is 5.97. The van der Waals surface area contributed by atoms with Crippen LogP contribution in [0.2, 0.25) is 5.02 Å². The predicted molar refractivity (Wildman–Crippen MR) is 111 cm³/mol. The first-order chi connectivity index (χ1) is 13.3. The molecule has 0 spiro atoms. The Balaban J connectivity index is 1.82. The van der Waals surface area contributed by atoms with Crippen molar-refractivity contribution >= 4 is 49.7 Å². The van der Waals surface area contributed by atoms with E-state index in [-0.39, 0.29) is 21.9 Å². The van der Waals surface area contributed by atoms with Crippen LogP contribution in [-0.2, 0) is 10.0 Å². The van der Waals surface area contributed by atoms with Gasteiger partial charge in [-0.05, 0) is 50.2 Å². The van der Waals surface area contributed by atoms with Crippen molar-refractivity contribution in [1.82, 2.24) is 10.2 Å². The Morgan fingerprint density at radius 1 is 1.11 bits per heavy atom. The number of benzene rings is 2. The minimum Gasteiger partial charge on any atom is -0.296 e. The van der Waals surface area contributed by atoms with Crippen molar-refractivity contribution in [2.24, 2.45) is 0 Å². The molecule has 0 aliphatic carbocycles. The van der Waals surface area contributed by atoms with E-state index in [4.69, 9.17) is 11.6 Å². The number of nitrogens with one attached hydrogen (secondary N) is 1. The maximum absolute atomic E-state index is 12.9. The number of aromatic nitrogens is 2. The molecule has 1 aromatic heterocycles. The number of sulfonamides is 1. The highest BCUT2D eigenvalue weighted by atomic mass is 35.5. The molecule has 1 N–H and O–H groups in total. The Morgan fingerprint density at radius 2 is 1.75 bits per heavy atom. The maximum Gasteiger partial charge on any atom is 0.293 e. The van der Waals surface area contributed by atoms with Crippen LogP contribution < -0.4 is 9.62 Å². The first kappa shape index (κ1) is 20.2. The normalized spacial score (nSPS) is 11.2. The minimum absolute atomic E-state index is 0.108. The molecule has 1 amide bonds. The standard InChI is InChI=1S/C18H17ClN4O3S2/c1-3-23(15-10-8-14(19)9-11-15)28(25,26)18-22-21-17(27-18)20-16(24)13-6-4-12(2)5-7-13/h4-11H,3H2,1-2H3,(H,20,21,24). The predicted octanol–water partition coefficient (Wildman–Crippen LogP) is 3.97. The molecule has 0 aliphatic heterocycles. The number of nitrogens with zero attached hydrogens (tertiary/aromatic N) is 3. The summed E-state index contributed by atoms with van der Waals surface area (Å²) in [6.07, 6.45) is 0. The van der Waals surface area contributed by atoms with Gasteiger partial charge in [-0.3, -0.25) is 14.4 Å². The van der Waals surface area contributed by atoms with Crippen LogP contribution in [-0.4, -0.2) is 31.1 Å². The van der Waals surface area contributed by atoms with E-state index in [9.17, 15) is 13.2 Å². The molecule has 0 bridgehead atoms. The zero-order chi connectivity index (χ0) is 20.3. The molecule has 28 heavy (non-hydrogen) atoms. The van der Waals surface area contributed by atoms with Crippen LogP contribution in [0.4, 0.5) is 10.8 Å². The topological polar surface area (TPSA) is 92.3 Å². The third kappa shape index (κ3) is 4.32. The van der Waals surface area contributed by atoms with Gasteiger partial charge in [0.1, 0.15) is 0 Å². The fourth-order valence-corrected chi connectivity index (χ4v) is 5.03. The lowest BCUT2D eigenvalue weighted by molar-refractivity contribution is 0.102. The fraction of sp³-hybridized carbons (Fsp3) is 0.167. The van der Waals surface area contributed by atoms with Gasteiger partial charge < -0.3 is 0 Å². The largest absolute Gasteiger partial charge is 0.296 e. The Bertz CT molecular complexity index is 1080. The third-order valence-corrected chi connectivity index (χ3v) is 7.19. The number of aryl methyl sites for hydroxylation is 1. The van der Waals surface area contributed by atoms with Gasteiger partial charge in [0, 0.05) is 17.1 Å². The fourth-order valence-electron chi connectivity index (χ4n) is 2.43. The molecule has 2 aromatic carbocycles. The summed E-state index contributed by atoms with van der Waals surface area (Å²) >= 11 is 6.67. The smallest absolute Gasteiger partial charge is 0.293 e. The molecule has 10 heteroatoms. The van der Waals surface area contributed by atoms with E-state index >= 15 is 0 Å². The second-order valence-corrected chi connectivity index (χ2v) is 9.29. The third-order valence-electron chi connectivity index (χ3n) is 3.85. The zero-order valence-corrected chi connectivity index (χ0v) is 17.5. The number of hydrogen-bond acceptors (Lipinski definition) is 6. The first-order valence-electron chi connectivity index (χ1n) is 8.31. The highest BCUT2D eigenvalue weighted by molar-refractivity contribution is 7.94. The average molecular weight is 437 g/mol. The summed E-state index contributed by atoms with van der Waals surface area (Å²) in [6.45, 7) is 3.84. The number of carbonyl (C=O) groups is 1. The molecule has 3 rings (SSSR count). The lowest BCUT2D eigenvalue weighted by Crippen LogP contribution is -2.30. The van der Waals surface area contributed by atoms with Gasteiger partial charge in [-0.2, -0.15) is 8.42 Å². The van der Waals surface area contributed by atoms with E-state index in [1.807, 2.05) is 19.1 Å². The quantitative estimate of drug-likeness (QED) is 0.590. The van der Waals surface area contributed by atoms with Gasteiger partial charge in [0.25, 0.3) is 20.3 Å². The number of rotatable bonds is 6. The zero-order valence-electron chi connectivity index (χ0n) is 15.1. The van der Waals surface area contributed by atoms with Gasteiger partial charge in [0.2, 0.25) is 5.13 Å². The van der Waals surface area contributed by atoms with Gasteiger partial charge in [0.05, 0.1) is 5.69 Å². The van der Waals surface area contributed by atoms with E-state index in [2.05, 4.69) is 15.5 Å². The van der Waals surface area contributed by atoms with Gasteiger partial charge in [-0.1, -0.05) is 40.6 Å². The van der Waals surface area contributed by atoms with Crippen LogP contribution in [0.15, 0.2) is 52.9 Å². The SMILES string of the molecule is CCN(c1ccc(Cl)cc1)S(=O)(=O)c1nnc(NC(=O)c2ccc(C)cc2)s1. The molecule has 1 heterocycles. The molecule has 7 nitrogen and oxygen atoms in total. The van der Waals surface area contributed by atoms with Gasteiger partial charge in [-0.15, -0.1) is 10.2 Å². The molecule has 0 saturated carbocycles. The van der Waals surface area contributed by atoms with E-state index in [0.29, 0.717) is 16.3 Å². The Labute approximate surface area is 172 Å². The van der Waals surface area contributed by atoms with Crippen molar-refractivity contribution in [2.75, 3.05) is 16.2 Å². The van der Waals surface area contributed by atoms with Crippen molar-refractivity contribution in [1.29, 1.82) is 0 Å². The van der Waals surface area contributed by atoms with E-state index in [1.165, 1.54) is 4.31 Å². The monoisotopic (exact) mass is 436 g/mol. The van der Waals surface area contributed by atoms with Gasteiger partial charge in [0.15, 0.2) is 0 Å². The molecule has 0 unspecified atom stereocenters. The van der Waals surface area contributed by atoms with E-state index < -0.39 is 10.0 Å². The van der Waals surface area contributed by atoms with Crippen LogP contribution in [0, 0.1) is 6.92 Å². The molecule has 0 fully saturated rings. The maximum atomic E-state index is 12.9. The van der Waals surface area contributed by atoms with Crippen molar-refractivity contribution < 1.29 is 13.2 Å². The van der Waals surface area contributed by atoms with Crippen molar-refractivity contribution in [2.45, 2.75) is 18.2 Å². The first-order valence-corrected chi connectivity index (χ1v) is 10.9. The van der Waals surface area contributed by atoms with Crippen molar-refractivity contribution in [3.63, 3.8) is 0 Å². The van der Waals surface area contributed by atoms with Crippen LogP contribution in [0.1, 0.15) is 22.8 Å². The summed E-state index contributed by atoms with van der Waals surface area (Å²) < 4.78 is 26.9. The summed E-state index contributed by atoms with van der Waals surface area (Å²) in [5.41, 5.74) is 1.94. The molecule has 0 radical (unpaired) electrons. The molecule has 0 aliphatic rings. The highest BCUT2D eigenvalue weighted by Crippen LogP contribution is 2.28. The van der Waals surface area contributed by atoms with Gasteiger partial charge in [-0.25, -0.2) is 0 Å². The lowest BCUT2D eigenvalue weighted by atomic mass is 10.1. The molecule has 146 valence electrons. The molecular formula is C18H17ClN4O3S2. The molecule has 3 aromatic rings. The Morgan fingerprint density at radius 3 is 2.36 bits per heavy atom. The molecule has 0 saturated heterocycles. The van der Waals surface area contributed by atoms with Crippen molar-refractivity contribution in [3.8, 4) is 0 Å². The van der Waals surface area contributed by atoms with Crippen LogP contribution in [0.5, 0.6) is 0 Å². The van der Waals surface area contributed by atoms with Crippen LogP contribution >= 0.6 is 22.9 Å². The number of anilines is 2. The second-order valence-electron chi connectivity index (χ2n) is 5.84. The summed E-state index contributed by atoms with van der Waals surface area (Å²) in [6, 6.07) is 13.5. The summed E-state index contributed by atoms with van der Waals surface area (Å²) in [7, 11) is -3.92. The minimum atomic E-state index is -3.92. The van der Waals surface area contributed by atoms with Crippen LogP contribution in [0.25, 0.3) is 0 Å². The lowest BCUT2D eigenvalue weighted by Gasteiger charge is -2.21. The summed E-state index contributed by atoms with van der Waals surface area (Å²) in [4.78, 5) is 12.3. The second kappa shape index (κ2) is 8.26. The average Bonchev–Trinajstić information content (AvgIpc) is 3.13. The van der Waals surface area contributed by atoms with E-state index in [1.54, 1.807) is 43.3 Å². The van der Waals surface area contributed by atoms with Crippen LogP contribution in [0.3, 0.4) is 0 Å². The van der Waals surface area contributed by atoms with Gasteiger partial charge >= 0.3 is 0 Å². The summed E-state index contributed by atoms with van der Waals surface area (Å²) in [5.74, 6) is -0.384. The number of carbonyl (C=O) groups excluding carboxylic acids is 1. The highest BCUT2D eigenvalue weighted by Gasteiger charge is 2.28. The number of amides is 1. The van der Waals surface area contributed by atoms with Crippen molar-refractivity contribution in [3.05, 3.63) is 64.7 Å². The van der Waals surface area contributed by atoms with E-state index in [0.717, 1.165) is 16.9 Å².